The zero-order chi connectivity index (χ0) is 43.9. The number of fused-ring (bicyclic) bond motifs is 7. The van der Waals surface area contributed by atoms with Gasteiger partial charge in [0.2, 0.25) is 0 Å². The van der Waals surface area contributed by atoms with E-state index in [2.05, 4.69) is 245 Å². The third kappa shape index (κ3) is 6.18. The SMILES string of the molecule is CC1(C)CCC(C)(C)c2cc(-c3cc4c(cc3N(c3ccc(-c5ccccc5)cc3)c3cccc5c3sc3ccccc35)C(c3ccccc3)(c3ccccc3)c3ccccc3-4)ccc21. The zero-order valence-corrected chi connectivity index (χ0v) is 38.3. The van der Waals surface area contributed by atoms with Crippen molar-refractivity contribution in [2.75, 3.05) is 4.90 Å². The van der Waals surface area contributed by atoms with Crippen LogP contribution in [0.1, 0.15) is 73.9 Å². The maximum absolute atomic E-state index is 2.58. The van der Waals surface area contributed by atoms with E-state index in [1.165, 1.54) is 99.0 Å². The van der Waals surface area contributed by atoms with Gasteiger partial charge in [-0.05, 0) is 121 Å². The Bertz CT molecular complexity index is 3370. The van der Waals surface area contributed by atoms with Crippen LogP contribution in [0.2, 0.25) is 0 Å². The van der Waals surface area contributed by atoms with Crippen molar-refractivity contribution >= 4 is 48.6 Å². The van der Waals surface area contributed by atoms with Crippen LogP contribution in [0.4, 0.5) is 17.1 Å². The topological polar surface area (TPSA) is 3.24 Å². The van der Waals surface area contributed by atoms with Gasteiger partial charge in [-0.2, -0.15) is 0 Å². The summed E-state index contributed by atoms with van der Waals surface area (Å²) in [6, 6.07) is 79.9. The Labute approximate surface area is 387 Å². The fourth-order valence-electron chi connectivity index (χ4n) is 11.4. The van der Waals surface area contributed by atoms with Crippen molar-refractivity contribution in [1.29, 1.82) is 0 Å². The van der Waals surface area contributed by atoms with E-state index in [1.54, 1.807) is 0 Å². The molecule has 1 nitrogen and oxygen atoms in total. The lowest BCUT2D eigenvalue weighted by Crippen LogP contribution is -2.33. The van der Waals surface area contributed by atoms with Gasteiger partial charge in [-0.25, -0.2) is 0 Å². The highest BCUT2D eigenvalue weighted by Gasteiger charge is 2.47. The molecule has 0 saturated heterocycles. The van der Waals surface area contributed by atoms with Crippen LogP contribution >= 0.6 is 11.3 Å². The molecule has 65 heavy (non-hydrogen) atoms. The van der Waals surface area contributed by atoms with E-state index in [0.717, 1.165) is 17.8 Å². The van der Waals surface area contributed by atoms with Gasteiger partial charge in [-0.15, -0.1) is 11.3 Å². The van der Waals surface area contributed by atoms with Crippen LogP contribution in [-0.2, 0) is 16.2 Å². The third-order valence-electron chi connectivity index (χ3n) is 14.8. The van der Waals surface area contributed by atoms with E-state index in [4.69, 9.17) is 0 Å². The summed E-state index contributed by atoms with van der Waals surface area (Å²) in [7, 11) is 0. The van der Waals surface area contributed by atoms with Crippen LogP contribution in [0.5, 0.6) is 0 Å². The highest BCUT2D eigenvalue weighted by atomic mass is 32.1. The lowest BCUT2D eigenvalue weighted by molar-refractivity contribution is 0.332. The Morgan fingerprint density at radius 2 is 0.969 bits per heavy atom. The maximum Gasteiger partial charge on any atom is 0.0714 e. The molecule has 12 rings (SSSR count). The molecule has 0 N–H and O–H groups in total. The standard InChI is InChI=1S/C63H51NS/c1-61(2)37-38-62(3,4)56-39-44(33-36-54(56)61)51-40-52-48-25-14-16-28-53(48)63(45-21-10-6-11-22-45,46-23-12-7-13-24-46)55(52)41-58(51)64(47-34-31-43(32-35-47)42-19-8-5-9-20-42)57-29-18-27-50-49-26-15-17-30-59(49)65-60(50)57/h5-36,39-41H,37-38H2,1-4H3. The summed E-state index contributed by atoms with van der Waals surface area (Å²) in [5, 5.41) is 2.58. The van der Waals surface area contributed by atoms with Crippen molar-refractivity contribution in [1.82, 2.24) is 0 Å². The molecule has 0 atom stereocenters. The number of hydrogen-bond acceptors (Lipinski definition) is 2. The second-order valence-electron chi connectivity index (χ2n) is 19.5. The molecule has 1 heterocycles. The second kappa shape index (κ2) is 15.0. The number of nitrogens with zero attached hydrogens (tertiary/aromatic N) is 1. The Morgan fingerprint density at radius 1 is 0.385 bits per heavy atom. The molecule has 0 unspecified atom stereocenters. The summed E-state index contributed by atoms with van der Waals surface area (Å²) in [6.45, 7) is 9.75. The van der Waals surface area contributed by atoms with Gasteiger partial charge in [0.05, 0.1) is 21.5 Å². The van der Waals surface area contributed by atoms with E-state index in [1.807, 2.05) is 11.3 Å². The summed E-state index contributed by atoms with van der Waals surface area (Å²) in [4.78, 5) is 2.58. The first-order valence-electron chi connectivity index (χ1n) is 23.1. The average Bonchev–Trinajstić information content (AvgIpc) is 3.88. The summed E-state index contributed by atoms with van der Waals surface area (Å²) in [5.41, 5.74) is 18.6. The second-order valence-corrected chi connectivity index (χ2v) is 20.5. The summed E-state index contributed by atoms with van der Waals surface area (Å²) in [6.07, 6.45) is 2.34. The van der Waals surface area contributed by atoms with Gasteiger partial charge in [0.25, 0.3) is 0 Å². The van der Waals surface area contributed by atoms with Crippen LogP contribution in [0.15, 0.2) is 212 Å². The van der Waals surface area contributed by atoms with Crippen molar-refractivity contribution < 1.29 is 0 Å². The number of hydrogen-bond donors (Lipinski definition) is 0. The van der Waals surface area contributed by atoms with E-state index >= 15 is 0 Å². The van der Waals surface area contributed by atoms with Crippen LogP contribution in [0, 0.1) is 0 Å². The first kappa shape index (κ1) is 39.6. The summed E-state index contributed by atoms with van der Waals surface area (Å²) in [5.74, 6) is 0. The quantitative estimate of drug-likeness (QED) is 0.154. The van der Waals surface area contributed by atoms with E-state index in [9.17, 15) is 0 Å². The molecule has 2 heteroatoms. The molecule has 0 radical (unpaired) electrons. The fourth-order valence-corrected chi connectivity index (χ4v) is 12.6. The minimum atomic E-state index is -0.559. The molecule has 0 bridgehead atoms. The molecule has 1 aromatic heterocycles. The normalized spacial score (nSPS) is 15.3. The first-order valence-corrected chi connectivity index (χ1v) is 23.9. The molecule has 314 valence electrons. The molecule has 0 amide bonds. The molecular formula is C63H51NS. The van der Waals surface area contributed by atoms with Gasteiger partial charge in [-0.3, -0.25) is 0 Å². The highest BCUT2D eigenvalue weighted by Crippen LogP contribution is 2.60. The monoisotopic (exact) mass is 853 g/mol. The average molecular weight is 854 g/mol. The van der Waals surface area contributed by atoms with Crippen LogP contribution in [0.3, 0.4) is 0 Å². The van der Waals surface area contributed by atoms with E-state index < -0.39 is 5.41 Å². The van der Waals surface area contributed by atoms with E-state index in [0.29, 0.717) is 0 Å². The predicted molar refractivity (Wildman–Crippen MR) is 277 cm³/mol. The van der Waals surface area contributed by atoms with Crippen LogP contribution in [-0.4, -0.2) is 0 Å². The Hall–Kier alpha value is -7.00. The van der Waals surface area contributed by atoms with E-state index in [-0.39, 0.29) is 10.8 Å². The van der Waals surface area contributed by atoms with Gasteiger partial charge in [0.1, 0.15) is 0 Å². The van der Waals surface area contributed by atoms with Crippen molar-refractivity contribution in [3.63, 3.8) is 0 Å². The summed E-state index contributed by atoms with van der Waals surface area (Å²) >= 11 is 1.89. The minimum Gasteiger partial charge on any atom is -0.308 e. The molecule has 0 aliphatic heterocycles. The first-order chi connectivity index (χ1) is 31.7. The smallest absolute Gasteiger partial charge is 0.0714 e. The molecular weight excluding hydrogens is 803 g/mol. The molecule has 0 fully saturated rings. The van der Waals surface area contributed by atoms with Gasteiger partial charge in [-0.1, -0.05) is 204 Å². The van der Waals surface area contributed by atoms with Crippen molar-refractivity contribution in [2.24, 2.45) is 0 Å². The molecule has 0 spiro atoms. The van der Waals surface area contributed by atoms with Gasteiger partial charge in [0.15, 0.2) is 0 Å². The molecule has 10 aromatic rings. The predicted octanol–water partition coefficient (Wildman–Crippen LogP) is 17.6. The number of anilines is 3. The van der Waals surface area contributed by atoms with Gasteiger partial charge in [0, 0.05) is 26.7 Å². The Morgan fingerprint density at radius 3 is 1.69 bits per heavy atom. The molecule has 9 aromatic carbocycles. The maximum atomic E-state index is 2.58. The van der Waals surface area contributed by atoms with Crippen molar-refractivity contribution in [2.45, 2.75) is 56.8 Å². The number of rotatable bonds is 7. The highest BCUT2D eigenvalue weighted by molar-refractivity contribution is 7.26. The number of thiophene rings is 1. The zero-order valence-electron chi connectivity index (χ0n) is 37.5. The Kier molecular flexibility index (Phi) is 9.16. The minimum absolute atomic E-state index is 0.0513. The fraction of sp³-hybridized carbons (Fsp3) is 0.143. The third-order valence-corrected chi connectivity index (χ3v) is 16.0. The largest absolute Gasteiger partial charge is 0.308 e. The van der Waals surface area contributed by atoms with Crippen LogP contribution in [0.25, 0.3) is 53.6 Å². The van der Waals surface area contributed by atoms with Gasteiger partial charge >= 0.3 is 0 Å². The van der Waals surface area contributed by atoms with Crippen LogP contribution < -0.4 is 4.90 Å². The molecule has 0 saturated carbocycles. The lowest BCUT2D eigenvalue weighted by Gasteiger charge is -2.42. The Balaban J connectivity index is 1.22. The molecule has 2 aliphatic carbocycles. The van der Waals surface area contributed by atoms with Gasteiger partial charge < -0.3 is 4.90 Å². The number of benzene rings is 9. The van der Waals surface area contributed by atoms with Crippen molar-refractivity contribution in [3.05, 3.63) is 246 Å². The summed E-state index contributed by atoms with van der Waals surface area (Å²) < 4.78 is 2.58. The van der Waals surface area contributed by atoms with Crippen molar-refractivity contribution in [3.8, 4) is 33.4 Å². The molecule has 2 aliphatic rings. The lowest BCUT2D eigenvalue weighted by atomic mass is 9.63.